The number of ether oxygens (including phenoxy) is 1. The lowest BCUT2D eigenvalue weighted by Gasteiger charge is -2.13. The van der Waals surface area contributed by atoms with Crippen molar-refractivity contribution in [2.45, 2.75) is 13.0 Å². The number of halogens is 1. The van der Waals surface area contributed by atoms with Crippen molar-refractivity contribution in [3.05, 3.63) is 27.8 Å². The number of benzene rings is 1. The van der Waals surface area contributed by atoms with Crippen molar-refractivity contribution in [3.8, 4) is 0 Å². The first kappa shape index (κ1) is 14.2. The van der Waals surface area contributed by atoms with Crippen LogP contribution in [0.2, 0.25) is 0 Å². The van der Waals surface area contributed by atoms with Crippen LogP contribution in [0.4, 0.5) is 5.69 Å². The van der Waals surface area contributed by atoms with Crippen molar-refractivity contribution in [3.63, 3.8) is 0 Å². The monoisotopic (exact) mass is 348 g/mol. The molecule has 0 aromatic heterocycles. The number of carbonyl (C=O) groups excluding carboxylic acids is 1. The van der Waals surface area contributed by atoms with E-state index in [1.807, 2.05) is 31.2 Å². The Morgan fingerprint density at radius 1 is 1.53 bits per heavy atom. The molecule has 5 heteroatoms. The predicted octanol–water partition coefficient (Wildman–Crippen LogP) is 1.85. The number of amides is 1. The van der Waals surface area contributed by atoms with Crippen molar-refractivity contribution >= 4 is 34.2 Å². The number of hydrogen-bond acceptors (Lipinski definition) is 3. The second-order valence-electron chi connectivity index (χ2n) is 3.79. The van der Waals surface area contributed by atoms with E-state index in [1.54, 1.807) is 7.11 Å². The normalized spacial score (nSPS) is 11.9. The summed E-state index contributed by atoms with van der Waals surface area (Å²) in [7, 11) is 1.62. The zero-order valence-electron chi connectivity index (χ0n) is 10.00. The van der Waals surface area contributed by atoms with Gasteiger partial charge in [-0.2, -0.15) is 0 Å². The van der Waals surface area contributed by atoms with Crippen LogP contribution < -0.4 is 10.6 Å². The van der Waals surface area contributed by atoms with E-state index in [9.17, 15) is 4.79 Å². The van der Waals surface area contributed by atoms with Crippen LogP contribution >= 0.6 is 22.6 Å². The Labute approximate surface area is 115 Å². The van der Waals surface area contributed by atoms with Crippen LogP contribution in [0.15, 0.2) is 24.3 Å². The van der Waals surface area contributed by atoms with E-state index in [0.717, 1.165) is 9.26 Å². The fraction of sp³-hybridized carbons (Fsp3) is 0.417. The molecule has 0 radical (unpaired) electrons. The molecule has 0 saturated carbocycles. The van der Waals surface area contributed by atoms with Crippen LogP contribution in [0.25, 0.3) is 0 Å². The fourth-order valence-electron chi connectivity index (χ4n) is 1.40. The zero-order valence-corrected chi connectivity index (χ0v) is 12.2. The molecule has 1 amide bonds. The van der Waals surface area contributed by atoms with Gasteiger partial charge in [-0.1, -0.05) is 6.07 Å². The van der Waals surface area contributed by atoms with Gasteiger partial charge in [-0.25, -0.2) is 0 Å². The van der Waals surface area contributed by atoms with E-state index in [1.165, 1.54) is 0 Å². The van der Waals surface area contributed by atoms with Gasteiger partial charge < -0.3 is 15.4 Å². The van der Waals surface area contributed by atoms with Crippen LogP contribution in [-0.4, -0.2) is 32.2 Å². The van der Waals surface area contributed by atoms with Gasteiger partial charge in [0.25, 0.3) is 0 Å². The number of rotatable bonds is 6. The Morgan fingerprint density at radius 3 is 2.94 bits per heavy atom. The molecular weight excluding hydrogens is 331 g/mol. The van der Waals surface area contributed by atoms with E-state index >= 15 is 0 Å². The third kappa shape index (κ3) is 5.88. The molecule has 1 atom stereocenters. The Hall–Kier alpha value is -0.820. The van der Waals surface area contributed by atoms with Crippen molar-refractivity contribution in [1.29, 1.82) is 0 Å². The van der Waals surface area contributed by atoms with E-state index in [0.29, 0.717) is 6.61 Å². The summed E-state index contributed by atoms with van der Waals surface area (Å²) in [6.07, 6.45) is 0. The minimum absolute atomic E-state index is 0.0326. The minimum Gasteiger partial charge on any atom is -0.383 e. The fourth-order valence-corrected chi connectivity index (χ4v) is 1.94. The number of methoxy groups -OCH3 is 1. The van der Waals surface area contributed by atoms with E-state index < -0.39 is 0 Å². The molecule has 4 nitrogen and oxygen atoms in total. The Bertz CT molecular complexity index is 371. The molecule has 1 aromatic carbocycles. The van der Waals surface area contributed by atoms with Gasteiger partial charge >= 0.3 is 0 Å². The van der Waals surface area contributed by atoms with Crippen molar-refractivity contribution in [1.82, 2.24) is 5.32 Å². The molecule has 0 heterocycles. The third-order valence-electron chi connectivity index (χ3n) is 2.10. The summed E-state index contributed by atoms with van der Waals surface area (Å²) in [6, 6.07) is 7.92. The number of nitrogens with one attached hydrogen (secondary N) is 2. The Morgan fingerprint density at radius 2 is 2.29 bits per heavy atom. The summed E-state index contributed by atoms with van der Waals surface area (Å²) in [6.45, 7) is 2.70. The molecule has 1 unspecified atom stereocenters. The predicted molar refractivity (Wildman–Crippen MR) is 77.1 cm³/mol. The average molecular weight is 348 g/mol. The summed E-state index contributed by atoms with van der Waals surface area (Å²) in [5, 5.41) is 5.91. The Kier molecular flexibility index (Phi) is 6.28. The first-order chi connectivity index (χ1) is 8.11. The van der Waals surface area contributed by atoms with Gasteiger partial charge in [-0.05, 0) is 47.7 Å². The minimum atomic E-state index is -0.0339. The first-order valence-electron chi connectivity index (χ1n) is 5.39. The summed E-state index contributed by atoms with van der Waals surface area (Å²) in [5.41, 5.74) is 0.950. The SMILES string of the molecule is COCC(C)NC(=O)CNc1cccc(I)c1. The van der Waals surface area contributed by atoms with Gasteiger partial charge in [0.2, 0.25) is 5.91 Å². The van der Waals surface area contributed by atoms with Crippen molar-refractivity contribution < 1.29 is 9.53 Å². The van der Waals surface area contributed by atoms with Crippen LogP contribution in [0.1, 0.15) is 6.92 Å². The molecule has 0 aliphatic carbocycles. The Balaban J connectivity index is 2.33. The largest absolute Gasteiger partial charge is 0.383 e. The van der Waals surface area contributed by atoms with Gasteiger partial charge in [-0.3, -0.25) is 4.79 Å². The summed E-state index contributed by atoms with van der Waals surface area (Å²) >= 11 is 2.24. The lowest BCUT2D eigenvalue weighted by molar-refractivity contribution is -0.120. The highest BCUT2D eigenvalue weighted by molar-refractivity contribution is 14.1. The maximum absolute atomic E-state index is 11.6. The average Bonchev–Trinajstić information content (AvgIpc) is 2.27. The third-order valence-corrected chi connectivity index (χ3v) is 2.77. The molecule has 1 aromatic rings. The van der Waals surface area contributed by atoms with Gasteiger partial charge in [0.05, 0.1) is 13.2 Å². The molecule has 0 fully saturated rings. The molecule has 1 rings (SSSR count). The maximum atomic E-state index is 11.6. The summed E-state index contributed by atoms with van der Waals surface area (Å²) in [5.74, 6) is -0.0339. The number of anilines is 1. The van der Waals surface area contributed by atoms with Crippen molar-refractivity contribution in [2.24, 2.45) is 0 Å². The maximum Gasteiger partial charge on any atom is 0.239 e. The van der Waals surface area contributed by atoms with E-state index in [4.69, 9.17) is 4.74 Å². The van der Waals surface area contributed by atoms with Gasteiger partial charge in [-0.15, -0.1) is 0 Å². The number of hydrogen-bond donors (Lipinski definition) is 2. The standard InChI is InChI=1S/C12H17IN2O2/c1-9(8-17-2)15-12(16)7-14-11-5-3-4-10(13)6-11/h3-6,9,14H,7-8H2,1-2H3,(H,15,16). The van der Waals surface area contributed by atoms with Gasteiger partial charge in [0.1, 0.15) is 0 Å². The molecule has 0 aliphatic heterocycles. The van der Waals surface area contributed by atoms with Crippen LogP contribution in [0.5, 0.6) is 0 Å². The highest BCUT2D eigenvalue weighted by Crippen LogP contribution is 2.11. The molecule has 2 N–H and O–H groups in total. The van der Waals surface area contributed by atoms with E-state index in [-0.39, 0.29) is 18.5 Å². The number of carbonyl (C=O) groups is 1. The van der Waals surface area contributed by atoms with Gasteiger partial charge in [0.15, 0.2) is 0 Å². The molecule has 0 saturated heterocycles. The van der Waals surface area contributed by atoms with Crippen molar-refractivity contribution in [2.75, 3.05) is 25.6 Å². The molecule has 94 valence electrons. The molecular formula is C12H17IN2O2. The highest BCUT2D eigenvalue weighted by Gasteiger charge is 2.06. The molecule has 0 aliphatic rings. The highest BCUT2D eigenvalue weighted by atomic mass is 127. The van der Waals surface area contributed by atoms with E-state index in [2.05, 4.69) is 33.2 Å². The molecule has 0 spiro atoms. The van der Waals surface area contributed by atoms with Crippen LogP contribution in [0, 0.1) is 3.57 Å². The zero-order chi connectivity index (χ0) is 12.7. The van der Waals surface area contributed by atoms with Crippen LogP contribution in [-0.2, 0) is 9.53 Å². The smallest absolute Gasteiger partial charge is 0.239 e. The summed E-state index contributed by atoms with van der Waals surface area (Å²) < 4.78 is 6.09. The second kappa shape index (κ2) is 7.50. The lowest BCUT2D eigenvalue weighted by Crippen LogP contribution is -2.39. The molecule has 17 heavy (non-hydrogen) atoms. The van der Waals surface area contributed by atoms with Gasteiger partial charge in [0, 0.05) is 22.4 Å². The summed E-state index contributed by atoms with van der Waals surface area (Å²) in [4.78, 5) is 11.6. The molecule has 0 bridgehead atoms. The topological polar surface area (TPSA) is 50.4 Å². The lowest BCUT2D eigenvalue weighted by atomic mass is 10.3. The quantitative estimate of drug-likeness (QED) is 0.772. The van der Waals surface area contributed by atoms with Crippen LogP contribution in [0.3, 0.4) is 0 Å². The first-order valence-corrected chi connectivity index (χ1v) is 6.47. The second-order valence-corrected chi connectivity index (χ2v) is 5.03.